The van der Waals surface area contributed by atoms with E-state index in [1.54, 1.807) is 0 Å². The highest BCUT2D eigenvalue weighted by Gasteiger charge is 2.36. The van der Waals surface area contributed by atoms with Crippen molar-refractivity contribution >= 4 is 5.91 Å². The molecule has 2 atom stereocenters. The van der Waals surface area contributed by atoms with E-state index >= 15 is 0 Å². The molecule has 5 nitrogen and oxygen atoms in total. The average Bonchev–Trinajstić information content (AvgIpc) is 2.26. The lowest BCUT2D eigenvalue weighted by Gasteiger charge is -2.43. The Kier molecular flexibility index (Phi) is 3.70. The molecule has 0 radical (unpaired) electrons. The molecule has 0 saturated carbocycles. The van der Waals surface area contributed by atoms with Crippen LogP contribution in [0.25, 0.3) is 0 Å². The Morgan fingerprint density at radius 2 is 2.24 bits per heavy atom. The van der Waals surface area contributed by atoms with Crippen molar-refractivity contribution in [1.82, 2.24) is 10.2 Å². The molecule has 2 fully saturated rings. The van der Waals surface area contributed by atoms with Crippen LogP contribution in [0, 0.1) is 0 Å². The summed E-state index contributed by atoms with van der Waals surface area (Å²) < 4.78 is 11.1. The van der Waals surface area contributed by atoms with E-state index in [0.29, 0.717) is 26.3 Å². The fraction of sp³-hybridized carbons (Fsp3) is 0.917. The van der Waals surface area contributed by atoms with E-state index in [0.717, 1.165) is 6.54 Å². The van der Waals surface area contributed by atoms with Gasteiger partial charge >= 0.3 is 0 Å². The van der Waals surface area contributed by atoms with Crippen LogP contribution in [0.1, 0.15) is 20.8 Å². The number of ether oxygens (including phenoxy) is 2. The van der Waals surface area contributed by atoms with Gasteiger partial charge in [0.05, 0.1) is 24.9 Å². The fourth-order valence-corrected chi connectivity index (χ4v) is 2.57. The van der Waals surface area contributed by atoms with Gasteiger partial charge in [0.1, 0.15) is 6.04 Å². The number of carbonyl (C=O) groups is 1. The van der Waals surface area contributed by atoms with Crippen molar-refractivity contribution in [3.8, 4) is 0 Å². The number of hydrogen-bond acceptors (Lipinski definition) is 4. The van der Waals surface area contributed by atoms with Crippen LogP contribution in [0.5, 0.6) is 0 Å². The number of rotatable bonds is 1. The molecule has 2 saturated heterocycles. The van der Waals surface area contributed by atoms with Crippen molar-refractivity contribution < 1.29 is 14.3 Å². The molecule has 2 heterocycles. The fourth-order valence-electron chi connectivity index (χ4n) is 2.57. The molecule has 2 rings (SSSR count). The SMILES string of the molecule is C[C@H]1CN(C(=O)[C@H]2COCCN2)CC(C)(C)O1. The lowest BCUT2D eigenvalue weighted by molar-refractivity contribution is -0.162. The minimum atomic E-state index is -0.261. The van der Waals surface area contributed by atoms with Gasteiger partial charge in [0.2, 0.25) is 5.91 Å². The van der Waals surface area contributed by atoms with Crippen LogP contribution in [0.15, 0.2) is 0 Å². The largest absolute Gasteiger partial charge is 0.378 e. The van der Waals surface area contributed by atoms with E-state index in [4.69, 9.17) is 9.47 Å². The maximum Gasteiger partial charge on any atom is 0.242 e. The van der Waals surface area contributed by atoms with E-state index in [1.807, 2.05) is 25.7 Å². The first kappa shape index (κ1) is 12.8. The number of hydrogen-bond donors (Lipinski definition) is 1. The van der Waals surface area contributed by atoms with Gasteiger partial charge in [-0.2, -0.15) is 0 Å². The first-order chi connectivity index (χ1) is 7.98. The second-order valence-electron chi connectivity index (χ2n) is 5.49. The minimum Gasteiger partial charge on any atom is -0.378 e. The normalized spacial score (nSPS) is 33.5. The van der Waals surface area contributed by atoms with Crippen molar-refractivity contribution in [2.24, 2.45) is 0 Å². The molecule has 2 aliphatic heterocycles. The van der Waals surface area contributed by atoms with Gasteiger partial charge in [-0.1, -0.05) is 0 Å². The quantitative estimate of drug-likeness (QED) is 0.703. The molecule has 0 spiro atoms. The predicted octanol–water partition coefficient (Wildman–Crippen LogP) is 0.000700. The van der Waals surface area contributed by atoms with Gasteiger partial charge in [-0.05, 0) is 20.8 Å². The van der Waals surface area contributed by atoms with Crippen molar-refractivity contribution in [3.05, 3.63) is 0 Å². The molecule has 0 aromatic rings. The summed E-state index contributed by atoms with van der Waals surface area (Å²) in [5, 5.41) is 3.20. The Morgan fingerprint density at radius 3 is 2.82 bits per heavy atom. The molecule has 2 aliphatic rings. The number of nitrogens with zero attached hydrogens (tertiary/aromatic N) is 1. The summed E-state index contributed by atoms with van der Waals surface area (Å²) >= 11 is 0. The van der Waals surface area contributed by atoms with E-state index in [2.05, 4.69) is 5.32 Å². The third-order valence-electron chi connectivity index (χ3n) is 3.10. The molecule has 0 aromatic carbocycles. The Balaban J connectivity index is 1.98. The third-order valence-corrected chi connectivity index (χ3v) is 3.10. The Hall–Kier alpha value is -0.650. The minimum absolute atomic E-state index is 0.0900. The Morgan fingerprint density at radius 1 is 1.47 bits per heavy atom. The summed E-state index contributed by atoms with van der Waals surface area (Å²) in [6.45, 7) is 9.28. The van der Waals surface area contributed by atoms with Gasteiger partial charge in [0.25, 0.3) is 0 Å². The zero-order chi connectivity index (χ0) is 12.5. The molecule has 0 aliphatic carbocycles. The molecule has 0 aromatic heterocycles. The second kappa shape index (κ2) is 4.92. The van der Waals surface area contributed by atoms with E-state index in [9.17, 15) is 4.79 Å². The van der Waals surface area contributed by atoms with Crippen LogP contribution in [0.2, 0.25) is 0 Å². The predicted molar refractivity (Wildman–Crippen MR) is 63.8 cm³/mol. The smallest absolute Gasteiger partial charge is 0.242 e. The first-order valence-electron chi connectivity index (χ1n) is 6.26. The number of morpholine rings is 2. The monoisotopic (exact) mass is 242 g/mol. The third kappa shape index (κ3) is 3.18. The first-order valence-corrected chi connectivity index (χ1v) is 6.26. The van der Waals surface area contributed by atoms with Crippen LogP contribution >= 0.6 is 0 Å². The van der Waals surface area contributed by atoms with Crippen LogP contribution in [-0.2, 0) is 14.3 Å². The van der Waals surface area contributed by atoms with Crippen molar-refractivity contribution in [2.75, 3.05) is 32.8 Å². The standard InChI is InChI=1S/C12H22N2O3/c1-9-6-14(8-12(2,3)17-9)11(15)10-7-16-5-4-13-10/h9-10,13H,4-8H2,1-3H3/t9-,10+/m0/s1. The molecular weight excluding hydrogens is 220 g/mol. The highest BCUT2D eigenvalue weighted by molar-refractivity contribution is 5.82. The van der Waals surface area contributed by atoms with Crippen LogP contribution in [-0.4, -0.2) is 61.4 Å². The van der Waals surface area contributed by atoms with E-state index in [1.165, 1.54) is 0 Å². The van der Waals surface area contributed by atoms with Gasteiger partial charge in [0, 0.05) is 19.6 Å². The van der Waals surface area contributed by atoms with Gasteiger partial charge in [0.15, 0.2) is 0 Å². The van der Waals surface area contributed by atoms with Crippen molar-refractivity contribution in [2.45, 2.75) is 38.5 Å². The zero-order valence-electron chi connectivity index (χ0n) is 10.9. The maximum absolute atomic E-state index is 12.3. The highest BCUT2D eigenvalue weighted by Crippen LogP contribution is 2.21. The summed E-state index contributed by atoms with van der Waals surface area (Å²) in [5.74, 6) is 0.132. The second-order valence-corrected chi connectivity index (χ2v) is 5.49. The van der Waals surface area contributed by atoms with Gasteiger partial charge in [-0.3, -0.25) is 4.79 Å². The van der Waals surface area contributed by atoms with Crippen LogP contribution < -0.4 is 5.32 Å². The average molecular weight is 242 g/mol. The summed E-state index contributed by atoms with van der Waals surface area (Å²) in [6.07, 6.45) is 0.0900. The Labute approximate surface area is 102 Å². The van der Waals surface area contributed by atoms with E-state index < -0.39 is 0 Å². The summed E-state index contributed by atoms with van der Waals surface area (Å²) in [6, 6.07) is -0.190. The summed E-state index contributed by atoms with van der Waals surface area (Å²) in [4.78, 5) is 14.2. The maximum atomic E-state index is 12.3. The van der Waals surface area contributed by atoms with Crippen LogP contribution in [0.3, 0.4) is 0 Å². The summed E-state index contributed by atoms with van der Waals surface area (Å²) in [5.41, 5.74) is -0.261. The lowest BCUT2D eigenvalue weighted by Crippen LogP contribution is -2.59. The molecule has 98 valence electrons. The molecule has 0 unspecified atom stereocenters. The van der Waals surface area contributed by atoms with Crippen molar-refractivity contribution in [1.29, 1.82) is 0 Å². The van der Waals surface area contributed by atoms with Gasteiger partial charge in [-0.15, -0.1) is 0 Å². The molecule has 1 amide bonds. The van der Waals surface area contributed by atoms with Crippen molar-refractivity contribution in [3.63, 3.8) is 0 Å². The summed E-state index contributed by atoms with van der Waals surface area (Å²) in [7, 11) is 0. The van der Waals surface area contributed by atoms with Crippen LogP contribution in [0.4, 0.5) is 0 Å². The molecule has 0 bridgehead atoms. The highest BCUT2D eigenvalue weighted by atomic mass is 16.5. The Bertz CT molecular complexity index is 287. The lowest BCUT2D eigenvalue weighted by atomic mass is 10.0. The number of amides is 1. The van der Waals surface area contributed by atoms with E-state index in [-0.39, 0.29) is 23.7 Å². The number of carbonyl (C=O) groups excluding carboxylic acids is 1. The molecule has 1 N–H and O–H groups in total. The molecule has 17 heavy (non-hydrogen) atoms. The zero-order valence-corrected chi connectivity index (χ0v) is 10.9. The molecule has 5 heteroatoms. The van der Waals surface area contributed by atoms with Gasteiger partial charge in [-0.25, -0.2) is 0 Å². The molecular formula is C12H22N2O3. The van der Waals surface area contributed by atoms with Gasteiger partial charge < -0.3 is 19.7 Å². The number of nitrogens with one attached hydrogen (secondary N) is 1. The topological polar surface area (TPSA) is 50.8 Å².